The van der Waals surface area contributed by atoms with Gasteiger partial charge in [-0.2, -0.15) is 13.2 Å². The first-order valence-electron chi connectivity index (χ1n) is 5.82. The lowest BCUT2D eigenvalue weighted by molar-refractivity contribution is -0.138. The van der Waals surface area contributed by atoms with Crippen LogP contribution in [0.4, 0.5) is 13.2 Å². The van der Waals surface area contributed by atoms with Crippen molar-refractivity contribution in [1.82, 2.24) is 19.9 Å². The summed E-state index contributed by atoms with van der Waals surface area (Å²) in [5, 5.41) is 0.383. The number of hydrogen-bond acceptors (Lipinski definition) is 4. The van der Waals surface area contributed by atoms with Gasteiger partial charge in [0.15, 0.2) is 5.82 Å². The van der Waals surface area contributed by atoms with Crippen molar-refractivity contribution in [1.29, 1.82) is 0 Å². The van der Waals surface area contributed by atoms with E-state index < -0.39 is 11.7 Å². The second-order valence-corrected chi connectivity index (χ2v) is 4.26. The highest BCUT2D eigenvalue weighted by atomic mass is 19.4. The van der Waals surface area contributed by atoms with Gasteiger partial charge in [0.05, 0.1) is 22.8 Å². The molecule has 2 aromatic heterocycles. The first-order chi connectivity index (χ1) is 9.95. The van der Waals surface area contributed by atoms with Gasteiger partial charge in [-0.1, -0.05) is 6.07 Å². The Morgan fingerprint density at radius 1 is 1.05 bits per heavy atom. The summed E-state index contributed by atoms with van der Waals surface area (Å²) in [4.78, 5) is 25.4. The molecule has 3 aromatic rings. The third-order valence-corrected chi connectivity index (χ3v) is 2.88. The van der Waals surface area contributed by atoms with Crippen molar-refractivity contribution in [3.63, 3.8) is 0 Å². The molecule has 0 unspecified atom stereocenters. The zero-order valence-electron chi connectivity index (χ0n) is 10.3. The molecule has 0 saturated heterocycles. The molecule has 0 radical (unpaired) electrons. The Morgan fingerprint density at radius 3 is 2.43 bits per heavy atom. The molecule has 1 N–H and O–H groups in total. The van der Waals surface area contributed by atoms with E-state index in [0.29, 0.717) is 16.5 Å². The topological polar surface area (TPSA) is 71.5 Å². The van der Waals surface area contributed by atoms with Crippen LogP contribution < -0.4 is 5.56 Å². The molecule has 0 atom stereocenters. The normalized spacial score (nSPS) is 11.8. The minimum Gasteiger partial charge on any atom is -0.313 e. The number of aromatic amines is 1. The minimum atomic E-state index is -4.48. The Bertz CT molecular complexity index is 856. The Balaban J connectivity index is 2.06. The summed E-state index contributed by atoms with van der Waals surface area (Å²) in [5.41, 5.74) is -0.310. The highest BCUT2D eigenvalue weighted by Gasteiger charge is 2.31. The third kappa shape index (κ3) is 2.47. The van der Waals surface area contributed by atoms with Gasteiger partial charge in [-0.15, -0.1) is 0 Å². The average molecular weight is 292 g/mol. The Hall–Kier alpha value is -2.77. The zero-order chi connectivity index (χ0) is 15.0. The lowest BCUT2D eigenvalue weighted by Gasteiger charge is -2.06. The summed E-state index contributed by atoms with van der Waals surface area (Å²) < 4.78 is 37.3. The molecule has 0 bridgehead atoms. The van der Waals surface area contributed by atoms with E-state index in [1.165, 1.54) is 12.4 Å². The third-order valence-electron chi connectivity index (χ3n) is 2.88. The van der Waals surface area contributed by atoms with E-state index in [1.807, 2.05) is 0 Å². The molecular formula is C13H7F3N4O. The maximum atomic E-state index is 12.4. The number of aromatic nitrogens is 4. The molecule has 0 aliphatic carbocycles. The summed E-state index contributed by atoms with van der Waals surface area (Å²) in [5.74, 6) is 0.131. The van der Waals surface area contributed by atoms with Crippen LogP contribution in [0.1, 0.15) is 5.56 Å². The average Bonchev–Trinajstić information content (AvgIpc) is 2.46. The lowest BCUT2D eigenvalue weighted by Crippen LogP contribution is -2.07. The maximum absolute atomic E-state index is 12.4. The molecule has 0 spiro atoms. The highest BCUT2D eigenvalue weighted by molar-refractivity contribution is 5.81. The Labute approximate surface area is 115 Å². The number of nitrogens with zero attached hydrogens (tertiary/aromatic N) is 3. The number of H-pyrrole nitrogens is 1. The number of benzene rings is 1. The smallest absolute Gasteiger partial charge is 0.313 e. The molecule has 0 fully saturated rings. The van der Waals surface area contributed by atoms with E-state index in [-0.39, 0.29) is 11.4 Å². The van der Waals surface area contributed by atoms with Gasteiger partial charge >= 0.3 is 6.18 Å². The van der Waals surface area contributed by atoms with Crippen LogP contribution in [0.15, 0.2) is 41.7 Å². The van der Waals surface area contributed by atoms with Gasteiger partial charge in [0.25, 0.3) is 5.56 Å². The predicted octanol–water partition coefficient (Wildman–Crippen LogP) is 2.40. The molecule has 0 saturated carbocycles. The van der Waals surface area contributed by atoms with Gasteiger partial charge in [0, 0.05) is 18.0 Å². The Kier molecular flexibility index (Phi) is 2.93. The van der Waals surface area contributed by atoms with E-state index in [1.54, 1.807) is 12.1 Å². The maximum Gasteiger partial charge on any atom is 0.419 e. The van der Waals surface area contributed by atoms with E-state index in [9.17, 15) is 18.0 Å². The van der Waals surface area contributed by atoms with Crippen LogP contribution in [0.25, 0.3) is 22.3 Å². The number of halogens is 3. The van der Waals surface area contributed by atoms with E-state index in [2.05, 4.69) is 19.9 Å². The molecular weight excluding hydrogens is 285 g/mol. The minimum absolute atomic E-state index is 0.131. The summed E-state index contributed by atoms with van der Waals surface area (Å²) in [6.07, 6.45) is -1.78. The summed E-state index contributed by atoms with van der Waals surface area (Å²) in [7, 11) is 0. The molecule has 0 amide bonds. The molecule has 1 aromatic carbocycles. The number of hydrogen-bond donors (Lipinski definition) is 1. The van der Waals surface area contributed by atoms with Crippen LogP contribution in [0.5, 0.6) is 0 Å². The zero-order valence-corrected chi connectivity index (χ0v) is 10.3. The highest BCUT2D eigenvalue weighted by Crippen LogP contribution is 2.28. The molecule has 3 rings (SSSR count). The SMILES string of the molecule is O=c1[nH]cnc2cc(-c3ncc(C(F)(F)F)cn3)ccc12. The first-order valence-corrected chi connectivity index (χ1v) is 5.82. The van der Waals surface area contributed by atoms with Gasteiger partial charge in [-0.25, -0.2) is 15.0 Å². The number of rotatable bonds is 1. The van der Waals surface area contributed by atoms with Crippen molar-refractivity contribution in [3.05, 3.63) is 52.8 Å². The van der Waals surface area contributed by atoms with E-state index in [4.69, 9.17) is 0 Å². The standard InChI is InChI=1S/C13H7F3N4O/c14-13(15,16)8-4-17-11(18-5-8)7-1-2-9-10(3-7)19-6-20-12(9)21/h1-6H,(H,19,20,21). The van der Waals surface area contributed by atoms with Crippen molar-refractivity contribution in [2.75, 3.05) is 0 Å². The van der Waals surface area contributed by atoms with Crippen molar-refractivity contribution >= 4 is 10.9 Å². The largest absolute Gasteiger partial charge is 0.419 e. The number of nitrogens with one attached hydrogen (secondary N) is 1. The summed E-state index contributed by atoms with van der Waals surface area (Å²) in [6.45, 7) is 0. The number of alkyl halides is 3. The van der Waals surface area contributed by atoms with Crippen molar-refractivity contribution < 1.29 is 13.2 Å². The van der Waals surface area contributed by atoms with Gasteiger partial charge in [0.1, 0.15) is 0 Å². The quantitative estimate of drug-likeness (QED) is 0.747. The molecule has 21 heavy (non-hydrogen) atoms. The van der Waals surface area contributed by atoms with Crippen LogP contribution in [-0.2, 0) is 6.18 Å². The second kappa shape index (κ2) is 4.65. The fourth-order valence-corrected chi connectivity index (χ4v) is 1.83. The van der Waals surface area contributed by atoms with E-state index in [0.717, 1.165) is 12.4 Å². The van der Waals surface area contributed by atoms with Gasteiger partial charge in [0.2, 0.25) is 0 Å². The molecule has 5 nitrogen and oxygen atoms in total. The van der Waals surface area contributed by atoms with Gasteiger partial charge < -0.3 is 4.98 Å². The van der Waals surface area contributed by atoms with Crippen LogP contribution in [-0.4, -0.2) is 19.9 Å². The summed E-state index contributed by atoms with van der Waals surface area (Å²) in [6, 6.07) is 4.63. The summed E-state index contributed by atoms with van der Waals surface area (Å²) >= 11 is 0. The second-order valence-electron chi connectivity index (χ2n) is 4.26. The fraction of sp³-hybridized carbons (Fsp3) is 0.0769. The van der Waals surface area contributed by atoms with Crippen LogP contribution >= 0.6 is 0 Å². The van der Waals surface area contributed by atoms with Crippen molar-refractivity contribution in [3.8, 4) is 11.4 Å². The van der Waals surface area contributed by atoms with Crippen LogP contribution in [0.2, 0.25) is 0 Å². The molecule has 8 heteroatoms. The van der Waals surface area contributed by atoms with Gasteiger partial charge in [-0.05, 0) is 12.1 Å². The van der Waals surface area contributed by atoms with Crippen molar-refractivity contribution in [2.24, 2.45) is 0 Å². The monoisotopic (exact) mass is 292 g/mol. The number of fused-ring (bicyclic) bond motifs is 1. The Morgan fingerprint density at radius 2 is 1.76 bits per heavy atom. The predicted molar refractivity (Wildman–Crippen MR) is 68.4 cm³/mol. The van der Waals surface area contributed by atoms with E-state index >= 15 is 0 Å². The van der Waals surface area contributed by atoms with Crippen molar-refractivity contribution in [2.45, 2.75) is 6.18 Å². The lowest BCUT2D eigenvalue weighted by atomic mass is 10.1. The van der Waals surface area contributed by atoms with Crippen LogP contribution in [0, 0.1) is 0 Å². The van der Waals surface area contributed by atoms with Crippen LogP contribution in [0.3, 0.4) is 0 Å². The molecule has 106 valence electrons. The fourth-order valence-electron chi connectivity index (χ4n) is 1.83. The van der Waals surface area contributed by atoms with Gasteiger partial charge in [-0.3, -0.25) is 4.79 Å². The molecule has 0 aliphatic heterocycles. The molecule has 2 heterocycles. The first kappa shape index (κ1) is 13.2. The molecule has 0 aliphatic rings.